The number of hydrogen-bond acceptors (Lipinski definition) is 14. The largest absolute Gasteiger partial charge is 0.456 e. The van der Waals surface area contributed by atoms with Crippen molar-refractivity contribution in [1.29, 1.82) is 0 Å². The maximum absolute atomic E-state index is 15.3. The van der Waals surface area contributed by atoms with Gasteiger partial charge < -0.3 is 44.3 Å². The molecule has 15 heteroatoms. The van der Waals surface area contributed by atoms with E-state index in [0.29, 0.717) is 0 Å². The minimum absolute atomic E-state index is 0.0114. The van der Waals surface area contributed by atoms with E-state index in [2.05, 4.69) is 5.32 Å². The number of carbonyl (C=O) groups is 6. The maximum atomic E-state index is 15.3. The molecule has 1 saturated heterocycles. The van der Waals surface area contributed by atoms with Gasteiger partial charge in [-0.3, -0.25) is 19.2 Å². The highest BCUT2D eigenvalue weighted by molar-refractivity contribution is 5.96. The molecule has 6 rings (SSSR count). The average Bonchev–Trinajstić information content (AvgIpc) is 3.15. The Labute approximate surface area is 323 Å². The molecule has 10 atom stereocenters. The Morgan fingerprint density at radius 1 is 0.911 bits per heavy atom. The molecule has 1 amide bonds. The fourth-order valence-electron chi connectivity index (χ4n) is 9.20. The van der Waals surface area contributed by atoms with E-state index >= 15 is 4.79 Å². The van der Waals surface area contributed by atoms with Crippen LogP contribution < -0.4 is 5.32 Å². The van der Waals surface area contributed by atoms with Gasteiger partial charge in [0.1, 0.15) is 23.9 Å². The lowest BCUT2D eigenvalue weighted by Crippen LogP contribution is -2.82. The number of nitrogens with one attached hydrogen (secondary N) is 1. The quantitative estimate of drug-likeness (QED) is 0.163. The van der Waals surface area contributed by atoms with Crippen LogP contribution in [0.1, 0.15) is 75.1 Å². The van der Waals surface area contributed by atoms with Crippen LogP contribution >= 0.6 is 0 Å². The monoisotopic (exact) mass is 777 g/mol. The van der Waals surface area contributed by atoms with Gasteiger partial charge in [0.25, 0.3) is 5.91 Å². The summed E-state index contributed by atoms with van der Waals surface area (Å²) in [5, 5.41) is 38.7. The Morgan fingerprint density at radius 2 is 1.52 bits per heavy atom. The first-order chi connectivity index (χ1) is 26.3. The molecule has 300 valence electrons. The molecule has 4 N–H and O–H groups in total. The third-order valence-electron chi connectivity index (χ3n) is 12.2. The van der Waals surface area contributed by atoms with Gasteiger partial charge in [0.2, 0.25) is 0 Å². The highest BCUT2D eigenvalue weighted by atomic mass is 16.6. The Hall–Kier alpha value is -4.96. The number of ether oxygens (including phenoxy) is 5. The van der Waals surface area contributed by atoms with E-state index in [1.165, 1.54) is 26.0 Å². The van der Waals surface area contributed by atoms with Gasteiger partial charge in [-0.2, -0.15) is 0 Å². The molecule has 2 bridgehead atoms. The Kier molecular flexibility index (Phi) is 10.8. The molecule has 10 unspecified atom stereocenters. The fourth-order valence-corrected chi connectivity index (χ4v) is 9.20. The van der Waals surface area contributed by atoms with Crippen molar-refractivity contribution < 1.29 is 67.8 Å². The van der Waals surface area contributed by atoms with Gasteiger partial charge in [-0.25, -0.2) is 9.59 Å². The second-order valence-corrected chi connectivity index (χ2v) is 15.8. The summed E-state index contributed by atoms with van der Waals surface area (Å²) in [7, 11) is 0. The topological polar surface area (TPSA) is 221 Å². The second kappa shape index (κ2) is 14.8. The van der Waals surface area contributed by atoms with Crippen LogP contribution in [0.3, 0.4) is 0 Å². The molecular formula is C41H47NO14. The number of hydrogen-bond donors (Lipinski definition) is 4. The van der Waals surface area contributed by atoms with Crippen molar-refractivity contribution in [2.24, 2.45) is 16.7 Å². The lowest BCUT2D eigenvalue weighted by Gasteiger charge is -2.67. The molecule has 2 saturated carbocycles. The summed E-state index contributed by atoms with van der Waals surface area (Å²) in [5.74, 6) is -6.71. The maximum Gasteiger partial charge on any atom is 0.338 e. The van der Waals surface area contributed by atoms with Gasteiger partial charge in [-0.05, 0) is 49.3 Å². The van der Waals surface area contributed by atoms with E-state index in [-0.39, 0.29) is 35.3 Å². The van der Waals surface area contributed by atoms with Crippen LogP contribution in [0.25, 0.3) is 0 Å². The van der Waals surface area contributed by atoms with Crippen molar-refractivity contribution in [2.45, 2.75) is 102 Å². The highest BCUT2D eigenvalue weighted by Crippen LogP contribution is 2.64. The zero-order valence-corrected chi connectivity index (χ0v) is 32.0. The van der Waals surface area contributed by atoms with Gasteiger partial charge in [0, 0.05) is 37.7 Å². The Morgan fingerprint density at radius 3 is 2.07 bits per heavy atom. The molecule has 2 aromatic rings. The Bertz CT molecular complexity index is 1950. The van der Waals surface area contributed by atoms with Crippen LogP contribution in [0.2, 0.25) is 0 Å². The lowest BCUT2D eigenvalue weighted by molar-refractivity contribution is -0.346. The molecule has 0 spiro atoms. The van der Waals surface area contributed by atoms with Gasteiger partial charge in [0.15, 0.2) is 23.6 Å². The number of ketones is 1. The summed E-state index contributed by atoms with van der Waals surface area (Å²) >= 11 is 0. The number of benzene rings is 2. The summed E-state index contributed by atoms with van der Waals surface area (Å²) < 4.78 is 29.8. The second-order valence-electron chi connectivity index (χ2n) is 15.8. The standard InChI is InChI=1S/C41H47NO14/c1-21-27(54-37(50)26(45)19-42-35(48)24-13-9-7-10-14-24)18-41(51)34(55-36(49)25-15-11-8-12-16-25)32-39(6,28(46)17-29-40(32,20-52-29)56-23(3)44)33(47)31(53-22(2)43)30(21)38(41,4)5/h7-16,26-29,31-32,34,45-46,51H,17-20H2,1-6H3,(H,42,48). The van der Waals surface area contributed by atoms with E-state index in [0.717, 1.165) is 13.8 Å². The molecule has 2 aromatic carbocycles. The molecule has 0 aromatic heterocycles. The van der Waals surface area contributed by atoms with Gasteiger partial charge >= 0.3 is 23.9 Å². The van der Waals surface area contributed by atoms with E-state index < -0.39 is 113 Å². The number of aliphatic hydroxyl groups excluding tert-OH is 2. The molecule has 0 radical (unpaired) electrons. The molecule has 4 aliphatic rings. The highest BCUT2D eigenvalue weighted by Gasteiger charge is 2.78. The van der Waals surface area contributed by atoms with Crippen molar-refractivity contribution in [3.05, 3.63) is 82.9 Å². The predicted molar refractivity (Wildman–Crippen MR) is 193 cm³/mol. The van der Waals surface area contributed by atoms with Crippen LogP contribution in [0.5, 0.6) is 0 Å². The van der Waals surface area contributed by atoms with Crippen LogP contribution in [-0.2, 0) is 42.9 Å². The smallest absolute Gasteiger partial charge is 0.338 e. The lowest BCUT2D eigenvalue weighted by atomic mass is 9.44. The third-order valence-corrected chi connectivity index (χ3v) is 12.2. The van der Waals surface area contributed by atoms with Gasteiger partial charge in [0.05, 0.1) is 36.2 Å². The molecule has 3 fully saturated rings. The van der Waals surface area contributed by atoms with Crippen molar-refractivity contribution in [3.8, 4) is 0 Å². The van der Waals surface area contributed by atoms with Crippen LogP contribution in [-0.4, -0.2) is 112 Å². The summed E-state index contributed by atoms with van der Waals surface area (Å²) in [4.78, 5) is 81.2. The van der Waals surface area contributed by atoms with E-state index in [1.807, 2.05) is 0 Å². The summed E-state index contributed by atoms with van der Waals surface area (Å²) in [5.41, 5.74) is -7.19. The number of aliphatic hydroxyl groups is 3. The fraction of sp³-hybridized carbons (Fsp3) is 0.512. The number of fused-ring (bicyclic) bond motifs is 5. The molecule has 56 heavy (non-hydrogen) atoms. The van der Waals surface area contributed by atoms with Gasteiger partial charge in [-0.1, -0.05) is 50.2 Å². The van der Waals surface area contributed by atoms with Crippen molar-refractivity contribution in [1.82, 2.24) is 5.32 Å². The summed E-state index contributed by atoms with van der Waals surface area (Å²) in [6.07, 6.45) is -10.2. The van der Waals surface area contributed by atoms with Crippen molar-refractivity contribution in [2.75, 3.05) is 13.2 Å². The van der Waals surface area contributed by atoms with Crippen molar-refractivity contribution >= 4 is 35.6 Å². The molecule has 15 nitrogen and oxygen atoms in total. The zero-order valence-electron chi connectivity index (χ0n) is 32.0. The number of carbonyl (C=O) groups excluding carboxylic acids is 6. The van der Waals surface area contributed by atoms with Crippen LogP contribution in [0.15, 0.2) is 71.8 Å². The van der Waals surface area contributed by atoms with Gasteiger partial charge in [-0.15, -0.1) is 0 Å². The Balaban J connectivity index is 1.50. The third kappa shape index (κ3) is 6.59. The SMILES string of the molecule is CC(=O)OC1C(=O)C2(C)C(O)CC3OCC3(OC(C)=O)C2C(OC(=O)c2ccccc2)C2(O)CC(OC(=O)C(O)CNC(=O)c3ccccc3)C(C)=C1C2(C)C. The zero-order chi connectivity index (χ0) is 41.0. The summed E-state index contributed by atoms with van der Waals surface area (Å²) in [6.45, 7) is 7.42. The van der Waals surface area contributed by atoms with Crippen LogP contribution in [0.4, 0.5) is 0 Å². The minimum Gasteiger partial charge on any atom is -0.456 e. The normalized spacial score (nSPS) is 33.5. The van der Waals surface area contributed by atoms with E-state index in [9.17, 15) is 39.3 Å². The van der Waals surface area contributed by atoms with Crippen LogP contribution in [0, 0.1) is 16.7 Å². The number of rotatable bonds is 9. The predicted octanol–water partition coefficient (Wildman–Crippen LogP) is 1.99. The average molecular weight is 778 g/mol. The summed E-state index contributed by atoms with van der Waals surface area (Å²) in [6, 6.07) is 15.9. The van der Waals surface area contributed by atoms with Crippen molar-refractivity contribution in [3.63, 3.8) is 0 Å². The molecular weight excluding hydrogens is 730 g/mol. The first kappa shape index (κ1) is 40.7. The molecule has 1 heterocycles. The first-order valence-electron chi connectivity index (χ1n) is 18.4. The molecule has 1 aliphatic heterocycles. The van der Waals surface area contributed by atoms with E-state index in [4.69, 9.17) is 23.7 Å². The minimum atomic E-state index is -2.35. The van der Waals surface area contributed by atoms with E-state index in [1.54, 1.807) is 62.4 Å². The first-order valence-corrected chi connectivity index (χ1v) is 18.4. The number of amides is 1. The number of Topliss-reactive ketones (excluding diaryl/α,β-unsaturated/α-hetero) is 1. The number of esters is 4. The molecule has 3 aliphatic carbocycles.